The molecule has 0 aromatic heterocycles. The molecule has 1 aliphatic heterocycles. The van der Waals surface area contributed by atoms with E-state index in [4.69, 9.17) is 5.73 Å². The first-order chi connectivity index (χ1) is 23.3. The van der Waals surface area contributed by atoms with E-state index in [1.165, 1.54) is 72.4 Å². The van der Waals surface area contributed by atoms with Crippen LogP contribution in [0.5, 0.6) is 0 Å². The van der Waals surface area contributed by atoms with Crippen LogP contribution in [0.3, 0.4) is 0 Å². The molecule has 47 heavy (non-hydrogen) atoms. The van der Waals surface area contributed by atoms with Gasteiger partial charge in [-0.05, 0) is 110 Å². The minimum atomic E-state index is 0.476. The lowest BCUT2D eigenvalue weighted by Crippen LogP contribution is -2.07. The van der Waals surface area contributed by atoms with Crippen molar-refractivity contribution >= 4 is 28.5 Å². The molecule has 0 saturated carbocycles. The molecule has 1 heterocycles. The van der Waals surface area contributed by atoms with Crippen molar-refractivity contribution in [3.8, 4) is 11.1 Å². The van der Waals surface area contributed by atoms with Crippen molar-refractivity contribution in [2.75, 3.05) is 13.1 Å². The molecule has 7 rings (SSSR count). The van der Waals surface area contributed by atoms with Gasteiger partial charge in [0.15, 0.2) is 0 Å². The van der Waals surface area contributed by atoms with Gasteiger partial charge in [0.2, 0.25) is 0 Å². The number of hydrogen-bond acceptors (Lipinski definition) is 2. The summed E-state index contributed by atoms with van der Waals surface area (Å²) >= 11 is 0. The third-order valence-corrected chi connectivity index (χ3v) is 9.13. The van der Waals surface area contributed by atoms with Crippen LogP contribution in [0.25, 0.3) is 33.4 Å². The maximum absolute atomic E-state index is 6.28. The zero-order valence-corrected chi connectivity index (χ0v) is 27.6. The van der Waals surface area contributed by atoms with Crippen LogP contribution in [0.2, 0.25) is 0 Å². The summed E-state index contributed by atoms with van der Waals surface area (Å²) in [6.45, 7) is 5.21. The van der Waals surface area contributed by atoms with Crippen LogP contribution >= 0.6 is 0 Å². The fourth-order valence-electron chi connectivity index (χ4n) is 6.73. The smallest absolute Gasteiger partial charge is 0.0646 e. The summed E-state index contributed by atoms with van der Waals surface area (Å²) < 4.78 is 0. The lowest BCUT2D eigenvalue weighted by Gasteiger charge is -2.26. The lowest BCUT2D eigenvalue weighted by molar-refractivity contribution is 0.909. The summed E-state index contributed by atoms with van der Waals surface area (Å²) in [5.41, 5.74) is 23.2. The van der Waals surface area contributed by atoms with Crippen molar-refractivity contribution in [2.45, 2.75) is 39.5 Å². The Morgan fingerprint density at radius 2 is 1.21 bits per heavy atom. The minimum Gasteiger partial charge on any atom is -0.327 e. The molecule has 0 atom stereocenters. The van der Waals surface area contributed by atoms with Gasteiger partial charge >= 0.3 is 0 Å². The van der Waals surface area contributed by atoms with Crippen LogP contribution in [0.15, 0.2) is 161 Å². The van der Waals surface area contributed by atoms with Crippen LogP contribution in [0.1, 0.15) is 61.8 Å². The molecule has 0 bridgehead atoms. The first kappa shape index (κ1) is 31.9. The number of benzene rings is 4. The first-order valence-electron chi connectivity index (χ1n) is 17.0. The molecule has 4 aromatic rings. The monoisotopic (exact) mass is 612 g/mol. The van der Waals surface area contributed by atoms with E-state index in [0.29, 0.717) is 6.54 Å². The highest BCUT2D eigenvalue weighted by atomic mass is 14.7. The van der Waals surface area contributed by atoms with Crippen molar-refractivity contribution in [3.63, 3.8) is 0 Å². The molecule has 2 N–H and O–H groups in total. The number of nitrogens with zero attached hydrogens (tertiary/aromatic N) is 1. The molecule has 0 radical (unpaired) electrons. The van der Waals surface area contributed by atoms with Gasteiger partial charge in [-0.3, -0.25) is 4.99 Å². The summed E-state index contributed by atoms with van der Waals surface area (Å²) in [4.78, 5) is 4.43. The summed E-state index contributed by atoms with van der Waals surface area (Å²) in [6.07, 6.45) is 17.5. The Bertz CT molecular complexity index is 1910. The predicted octanol–water partition coefficient (Wildman–Crippen LogP) is 11.2. The standard InChI is InChI=1S/C43H38N2.C2H6/c44-26-24-42(39-13-7-12-37(28-39)40-25-27-45-30-40)43-29-38(35-16-14-33(15-17-35)31-8-3-1-4-9-31)22-23-41(43)36-20-18-34(19-21-36)32-10-5-2-6-11-32;1-2/h1-14,16,18-21,24-25,27-29H,15,17,22-23,26,30,44H2;1-2H3/b42-24-;. The highest BCUT2D eigenvalue weighted by Gasteiger charge is 2.22. The van der Waals surface area contributed by atoms with Crippen LogP contribution in [0.4, 0.5) is 0 Å². The number of hydrogen-bond donors (Lipinski definition) is 1. The van der Waals surface area contributed by atoms with E-state index in [9.17, 15) is 0 Å². The Labute approximate surface area is 280 Å². The summed E-state index contributed by atoms with van der Waals surface area (Å²) in [5, 5.41) is 0. The second-order valence-corrected chi connectivity index (χ2v) is 11.9. The van der Waals surface area contributed by atoms with Crippen LogP contribution in [-0.2, 0) is 0 Å². The highest BCUT2D eigenvalue weighted by molar-refractivity contribution is 5.95. The summed E-state index contributed by atoms with van der Waals surface area (Å²) in [5.74, 6) is 0. The van der Waals surface area contributed by atoms with E-state index >= 15 is 0 Å². The van der Waals surface area contributed by atoms with Gasteiger partial charge in [0.05, 0.1) is 6.54 Å². The van der Waals surface area contributed by atoms with Gasteiger partial charge in [-0.15, -0.1) is 0 Å². The second kappa shape index (κ2) is 15.5. The molecule has 2 nitrogen and oxygen atoms in total. The number of aliphatic imine (C=N–C) groups is 1. The Hall–Kier alpha value is -5.05. The Morgan fingerprint density at radius 1 is 0.596 bits per heavy atom. The van der Waals surface area contributed by atoms with E-state index < -0.39 is 0 Å². The molecule has 2 heteroatoms. The third-order valence-electron chi connectivity index (χ3n) is 9.13. The van der Waals surface area contributed by atoms with Crippen LogP contribution < -0.4 is 5.73 Å². The molecule has 3 aliphatic rings. The largest absolute Gasteiger partial charge is 0.327 e. The Morgan fingerprint density at radius 3 is 1.87 bits per heavy atom. The summed E-state index contributed by atoms with van der Waals surface area (Å²) in [7, 11) is 0. The SMILES string of the molecule is CC.NC/C=C(\C1=C(c2ccc(-c3ccccc3)cc2)CCC(C2=CC=C(c3ccccc3)CC2)=C1)c1cccc(C2=CC=NC2)c1. The predicted molar refractivity (Wildman–Crippen MR) is 204 cm³/mol. The molecule has 2 aliphatic carbocycles. The van der Waals surface area contributed by atoms with E-state index in [2.05, 4.69) is 145 Å². The van der Waals surface area contributed by atoms with Crippen LogP contribution in [0, 0.1) is 0 Å². The van der Waals surface area contributed by atoms with Crippen molar-refractivity contribution in [3.05, 3.63) is 179 Å². The number of nitrogens with two attached hydrogens (primary N) is 1. The fraction of sp³-hybridized carbons (Fsp3) is 0.178. The average molecular weight is 613 g/mol. The zero-order chi connectivity index (χ0) is 32.4. The van der Waals surface area contributed by atoms with Crippen molar-refractivity contribution in [1.29, 1.82) is 0 Å². The van der Waals surface area contributed by atoms with E-state index in [1.54, 1.807) is 0 Å². The van der Waals surface area contributed by atoms with Crippen molar-refractivity contribution in [1.82, 2.24) is 0 Å². The number of rotatable bonds is 8. The van der Waals surface area contributed by atoms with E-state index in [0.717, 1.165) is 32.2 Å². The van der Waals surface area contributed by atoms with Gasteiger partial charge < -0.3 is 5.73 Å². The van der Waals surface area contributed by atoms with Crippen molar-refractivity contribution < 1.29 is 0 Å². The molecular weight excluding hydrogens is 569 g/mol. The Balaban J connectivity index is 0.00000190. The molecular formula is C45H44N2. The average Bonchev–Trinajstić information content (AvgIpc) is 3.71. The van der Waals surface area contributed by atoms with E-state index in [-0.39, 0.29) is 0 Å². The normalized spacial score (nSPS) is 16.1. The van der Waals surface area contributed by atoms with Gasteiger partial charge in [-0.2, -0.15) is 0 Å². The maximum Gasteiger partial charge on any atom is 0.0646 e. The molecule has 0 fully saturated rings. The quantitative estimate of drug-likeness (QED) is 0.211. The topological polar surface area (TPSA) is 38.4 Å². The van der Waals surface area contributed by atoms with Crippen LogP contribution in [-0.4, -0.2) is 19.3 Å². The summed E-state index contributed by atoms with van der Waals surface area (Å²) in [6, 6.07) is 39.4. The third kappa shape index (κ3) is 7.35. The molecule has 0 saturated heterocycles. The Kier molecular flexibility index (Phi) is 10.5. The van der Waals surface area contributed by atoms with Crippen molar-refractivity contribution in [2.24, 2.45) is 10.7 Å². The zero-order valence-electron chi connectivity index (χ0n) is 27.6. The van der Waals surface area contributed by atoms with E-state index in [1.807, 2.05) is 20.1 Å². The molecule has 0 amide bonds. The molecule has 0 unspecified atom stereocenters. The molecule has 0 spiro atoms. The maximum atomic E-state index is 6.28. The molecule has 234 valence electrons. The fourth-order valence-corrected chi connectivity index (χ4v) is 6.73. The van der Waals surface area contributed by atoms with Gasteiger partial charge in [-0.1, -0.05) is 141 Å². The van der Waals surface area contributed by atoms with Gasteiger partial charge in [0.25, 0.3) is 0 Å². The highest BCUT2D eigenvalue weighted by Crippen LogP contribution is 2.43. The minimum absolute atomic E-state index is 0.476. The first-order valence-corrected chi connectivity index (χ1v) is 17.0. The lowest BCUT2D eigenvalue weighted by atomic mass is 9.78. The van der Waals surface area contributed by atoms with Gasteiger partial charge in [0.1, 0.15) is 0 Å². The van der Waals surface area contributed by atoms with Gasteiger partial charge in [-0.25, -0.2) is 0 Å². The number of allylic oxidation sites excluding steroid dienone is 10. The van der Waals surface area contributed by atoms with Gasteiger partial charge in [0, 0.05) is 12.8 Å². The molecule has 4 aromatic carbocycles. The second-order valence-electron chi connectivity index (χ2n) is 11.9.